The van der Waals surface area contributed by atoms with Gasteiger partial charge in [0.25, 0.3) is 0 Å². The molecule has 0 aromatic carbocycles. The quantitative estimate of drug-likeness (QED) is 0.799. The van der Waals surface area contributed by atoms with Crippen LogP contribution in [0.2, 0.25) is 0 Å². The van der Waals surface area contributed by atoms with Crippen molar-refractivity contribution in [2.45, 2.75) is 32.6 Å². The van der Waals surface area contributed by atoms with Crippen molar-refractivity contribution in [2.75, 3.05) is 11.1 Å². The molecule has 0 saturated carbocycles. The smallest absolute Gasteiger partial charge is 0.231 e. The van der Waals surface area contributed by atoms with Crippen molar-refractivity contribution in [3.8, 4) is 0 Å². The number of carbonyl (C=O) groups is 1. The van der Waals surface area contributed by atoms with Gasteiger partial charge in [0.2, 0.25) is 5.91 Å². The molecule has 2 aromatic heterocycles. The van der Waals surface area contributed by atoms with E-state index in [1.807, 2.05) is 6.07 Å². The Morgan fingerprint density at radius 3 is 2.79 bits per heavy atom. The van der Waals surface area contributed by atoms with E-state index in [-0.39, 0.29) is 17.7 Å². The molecule has 4 N–H and O–H groups in total. The summed E-state index contributed by atoms with van der Waals surface area (Å²) >= 11 is 1.33. The molecule has 0 fully saturated rings. The molecule has 0 saturated heterocycles. The maximum Gasteiger partial charge on any atom is 0.231 e. The summed E-state index contributed by atoms with van der Waals surface area (Å²) in [5.41, 5.74) is 7.13. The van der Waals surface area contributed by atoms with E-state index < -0.39 is 0 Å². The lowest BCUT2D eigenvalue weighted by Crippen LogP contribution is -2.15. The highest BCUT2D eigenvalue weighted by Crippen LogP contribution is 2.22. The Kier molecular flexibility index (Phi) is 3.57. The highest BCUT2D eigenvalue weighted by molar-refractivity contribution is 7.13. The fraction of sp³-hybridized carbons (Fsp3) is 0.417. The highest BCUT2D eigenvalue weighted by Gasteiger charge is 2.17. The first kappa shape index (κ1) is 13.5. The van der Waals surface area contributed by atoms with Crippen LogP contribution < -0.4 is 11.1 Å². The Balaban J connectivity index is 1.97. The number of hydrogen-bond donors (Lipinski definition) is 3. The van der Waals surface area contributed by atoms with Gasteiger partial charge in [-0.1, -0.05) is 20.8 Å². The number of aromatic amines is 1. The van der Waals surface area contributed by atoms with Gasteiger partial charge in [0.05, 0.1) is 12.1 Å². The molecule has 0 unspecified atom stereocenters. The summed E-state index contributed by atoms with van der Waals surface area (Å²) < 4.78 is 0. The van der Waals surface area contributed by atoms with E-state index in [1.165, 1.54) is 11.3 Å². The number of H-pyrrole nitrogens is 1. The number of rotatable bonds is 3. The molecular weight excluding hydrogens is 262 g/mol. The van der Waals surface area contributed by atoms with E-state index in [9.17, 15) is 4.79 Å². The topological polar surface area (TPSA) is 96.7 Å². The maximum atomic E-state index is 11.8. The Hall–Kier alpha value is -1.89. The second-order valence-electron chi connectivity index (χ2n) is 5.32. The second-order valence-corrected chi connectivity index (χ2v) is 6.21. The standard InChI is InChI=1S/C12H17N5OS/c1-12(2,3)8-5-9(17-16-8)15-10(18)4-7-6-19-11(13)14-7/h5-6H,4H2,1-3H3,(H2,13,14)(H2,15,16,17,18). The number of nitrogens with one attached hydrogen (secondary N) is 2. The van der Waals surface area contributed by atoms with Gasteiger partial charge in [-0.05, 0) is 0 Å². The van der Waals surface area contributed by atoms with E-state index in [0.29, 0.717) is 16.6 Å². The summed E-state index contributed by atoms with van der Waals surface area (Å²) in [4.78, 5) is 15.9. The van der Waals surface area contributed by atoms with E-state index >= 15 is 0 Å². The fourth-order valence-electron chi connectivity index (χ4n) is 1.53. The van der Waals surface area contributed by atoms with Crippen molar-refractivity contribution < 1.29 is 4.79 Å². The van der Waals surface area contributed by atoms with Crippen LogP contribution in [0, 0.1) is 0 Å². The largest absolute Gasteiger partial charge is 0.375 e. The molecule has 0 radical (unpaired) electrons. The van der Waals surface area contributed by atoms with Crippen LogP contribution in [-0.4, -0.2) is 21.1 Å². The average molecular weight is 279 g/mol. The minimum atomic E-state index is -0.155. The van der Waals surface area contributed by atoms with Crippen molar-refractivity contribution in [3.05, 3.63) is 22.8 Å². The molecule has 0 atom stereocenters. The van der Waals surface area contributed by atoms with Gasteiger partial charge in [-0.25, -0.2) is 4.98 Å². The number of hydrogen-bond acceptors (Lipinski definition) is 5. The van der Waals surface area contributed by atoms with Crippen LogP contribution in [-0.2, 0) is 16.6 Å². The lowest BCUT2D eigenvalue weighted by molar-refractivity contribution is -0.115. The van der Waals surface area contributed by atoms with Gasteiger partial charge in [-0.2, -0.15) is 5.10 Å². The van der Waals surface area contributed by atoms with Crippen molar-refractivity contribution in [1.29, 1.82) is 0 Å². The molecule has 0 bridgehead atoms. The van der Waals surface area contributed by atoms with Crippen molar-refractivity contribution >= 4 is 28.2 Å². The van der Waals surface area contributed by atoms with Crippen LogP contribution in [0.3, 0.4) is 0 Å². The van der Waals surface area contributed by atoms with E-state index in [0.717, 1.165) is 5.69 Å². The van der Waals surface area contributed by atoms with Crippen molar-refractivity contribution in [2.24, 2.45) is 0 Å². The molecule has 0 aliphatic heterocycles. The molecule has 2 rings (SSSR count). The van der Waals surface area contributed by atoms with Gasteiger partial charge in [-0.15, -0.1) is 11.3 Å². The zero-order valence-electron chi connectivity index (χ0n) is 11.2. The van der Waals surface area contributed by atoms with Crippen molar-refractivity contribution in [3.63, 3.8) is 0 Å². The van der Waals surface area contributed by atoms with E-state index in [4.69, 9.17) is 5.73 Å². The molecule has 102 valence electrons. The number of thiazole rings is 1. The van der Waals surface area contributed by atoms with Crippen LogP contribution in [0.1, 0.15) is 32.2 Å². The van der Waals surface area contributed by atoms with Gasteiger partial charge < -0.3 is 11.1 Å². The number of carbonyl (C=O) groups excluding carboxylic acids is 1. The van der Waals surface area contributed by atoms with Crippen LogP contribution >= 0.6 is 11.3 Å². The SMILES string of the molecule is CC(C)(C)c1cc(NC(=O)Cc2csc(N)n2)n[nH]1. The molecule has 19 heavy (non-hydrogen) atoms. The number of anilines is 2. The van der Waals surface area contributed by atoms with Crippen LogP contribution in [0.4, 0.5) is 10.9 Å². The number of aromatic nitrogens is 3. The normalized spacial score (nSPS) is 11.5. The lowest BCUT2D eigenvalue weighted by atomic mass is 9.92. The highest BCUT2D eigenvalue weighted by atomic mass is 32.1. The first-order valence-corrected chi connectivity index (χ1v) is 6.78. The first-order chi connectivity index (χ1) is 8.84. The third kappa shape index (κ3) is 3.54. The maximum absolute atomic E-state index is 11.8. The Morgan fingerprint density at radius 1 is 1.53 bits per heavy atom. The zero-order chi connectivity index (χ0) is 14.0. The molecule has 0 aliphatic rings. The molecule has 2 aromatic rings. The van der Waals surface area contributed by atoms with Gasteiger partial charge in [0.15, 0.2) is 10.9 Å². The predicted octanol–water partition coefficient (Wildman–Crippen LogP) is 1.93. The summed E-state index contributed by atoms with van der Waals surface area (Å²) in [6.45, 7) is 6.22. The summed E-state index contributed by atoms with van der Waals surface area (Å²) in [6, 6.07) is 1.84. The molecule has 0 aliphatic carbocycles. The van der Waals surface area contributed by atoms with Gasteiger partial charge >= 0.3 is 0 Å². The Labute approximate surface area is 115 Å². The summed E-state index contributed by atoms with van der Waals surface area (Å²) in [5.74, 6) is 0.371. The lowest BCUT2D eigenvalue weighted by Gasteiger charge is -2.14. The van der Waals surface area contributed by atoms with Gasteiger partial charge in [0.1, 0.15) is 0 Å². The summed E-state index contributed by atoms with van der Waals surface area (Å²) in [6.07, 6.45) is 0.200. The van der Waals surface area contributed by atoms with Gasteiger partial charge in [-0.3, -0.25) is 9.89 Å². The molecule has 6 nitrogen and oxygen atoms in total. The number of nitrogens with zero attached hydrogens (tertiary/aromatic N) is 2. The fourth-order valence-corrected chi connectivity index (χ4v) is 2.09. The predicted molar refractivity (Wildman–Crippen MR) is 76.1 cm³/mol. The van der Waals surface area contributed by atoms with Crippen molar-refractivity contribution in [1.82, 2.24) is 15.2 Å². The molecule has 0 spiro atoms. The number of nitrogen functional groups attached to an aromatic ring is 1. The van der Waals surface area contributed by atoms with Gasteiger partial charge in [0, 0.05) is 22.6 Å². The third-order valence-corrected chi connectivity index (χ3v) is 3.29. The second kappa shape index (κ2) is 5.00. The molecular formula is C12H17N5OS. The minimum Gasteiger partial charge on any atom is -0.375 e. The van der Waals surface area contributed by atoms with Crippen LogP contribution in [0.5, 0.6) is 0 Å². The molecule has 7 heteroatoms. The monoisotopic (exact) mass is 279 g/mol. The minimum absolute atomic E-state index is 0.0284. The molecule has 1 amide bonds. The molecule has 2 heterocycles. The van der Waals surface area contributed by atoms with E-state index in [1.54, 1.807) is 5.38 Å². The zero-order valence-corrected chi connectivity index (χ0v) is 12.0. The van der Waals surface area contributed by atoms with Crippen LogP contribution in [0.15, 0.2) is 11.4 Å². The number of nitrogens with two attached hydrogens (primary N) is 1. The average Bonchev–Trinajstić information content (AvgIpc) is 2.87. The Bertz CT molecular complexity index is 581. The summed E-state index contributed by atoms with van der Waals surface area (Å²) in [5, 5.41) is 12.0. The van der Waals surface area contributed by atoms with E-state index in [2.05, 4.69) is 41.3 Å². The number of amides is 1. The summed E-state index contributed by atoms with van der Waals surface area (Å²) in [7, 11) is 0. The first-order valence-electron chi connectivity index (χ1n) is 5.90. The Morgan fingerprint density at radius 2 is 2.26 bits per heavy atom. The third-order valence-electron chi connectivity index (χ3n) is 2.56. The van der Waals surface area contributed by atoms with Crippen LogP contribution in [0.25, 0.3) is 0 Å².